The van der Waals surface area contributed by atoms with E-state index in [4.69, 9.17) is 0 Å². The molecule has 3 heteroatoms. The molecule has 3 nitrogen and oxygen atoms in total. The van der Waals surface area contributed by atoms with Crippen LogP contribution in [0.1, 0.15) is 22.3 Å². The lowest BCUT2D eigenvalue weighted by atomic mass is 9.96. The van der Waals surface area contributed by atoms with E-state index in [-0.39, 0.29) is 0 Å². The van der Waals surface area contributed by atoms with E-state index in [1.165, 1.54) is 60.7 Å². The highest BCUT2D eigenvalue weighted by Crippen LogP contribution is 2.46. The minimum atomic E-state index is 0.966. The summed E-state index contributed by atoms with van der Waals surface area (Å²) in [6.45, 7) is 0. The van der Waals surface area contributed by atoms with Gasteiger partial charge in [-0.1, -0.05) is 30.3 Å². The van der Waals surface area contributed by atoms with E-state index in [1.54, 1.807) is 0 Å². The molecule has 0 atom stereocenters. The van der Waals surface area contributed by atoms with E-state index in [0.717, 1.165) is 24.1 Å². The lowest BCUT2D eigenvalue weighted by Gasteiger charge is -2.10. The predicted octanol–water partition coefficient (Wildman–Crippen LogP) is 6.18. The fraction of sp³-hybridized carbons (Fsp3) is 0.0714. The summed E-state index contributed by atoms with van der Waals surface area (Å²) in [5, 5.41) is 3.61. The summed E-state index contributed by atoms with van der Waals surface area (Å²) in [5.74, 6) is 0. The number of imidazole rings is 1. The zero-order valence-electron chi connectivity index (χ0n) is 16.8. The van der Waals surface area contributed by atoms with Gasteiger partial charge in [0.15, 0.2) is 0 Å². The van der Waals surface area contributed by atoms with Crippen molar-refractivity contribution in [3.05, 3.63) is 102 Å². The van der Waals surface area contributed by atoms with Crippen LogP contribution in [0.15, 0.2) is 79.3 Å². The fourth-order valence-corrected chi connectivity index (χ4v) is 5.76. The van der Waals surface area contributed by atoms with E-state index < -0.39 is 0 Å². The highest BCUT2D eigenvalue weighted by atomic mass is 15.0. The molecule has 0 unspecified atom stereocenters. The summed E-state index contributed by atoms with van der Waals surface area (Å²) >= 11 is 0. The maximum absolute atomic E-state index is 4.69. The van der Waals surface area contributed by atoms with Gasteiger partial charge in [0.25, 0.3) is 0 Å². The van der Waals surface area contributed by atoms with Crippen molar-refractivity contribution in [2.45, 2.75) is 12.8 Å². The molecular formula is C28H17N3. The van der Waals surface area contributed by atoms with E-state index in [0.29, 0.717) is 0 Å². The Morgan fingerprint density at radius 2 is 1.29 bits per heavy atom. The molecule has 0 spiro atoms. The summed E-state index contributed by atoms with van der Waals surface area (Å²) < 4.78 is 2.11. The Balaban J connectivity index is 1.45. The minimum Gasteiger partial charge on any atom is -0.283 e. The summed E-state index contributed by atoms with van der Waals surface area (Å²) in [5.41, 5.74) is 13.2. The van der Waals surface area contributed by atoms with Crippen molar-refractivity contribution in [3.8, 4) is 22.3 Å². The molecule has 6 aromatic rings. The van der Waals surface area contributed by atoms with Crippen LogP contribution in [-0.2, 0) is 12.8 Å². The van der Waals surface area contributed by atoms with Gasteiger partial charge in [-0.15, -0.1) is 0 Å². The second kappa shape index (κ2) is 5.38. The topological polar surface area (TPSA) is 30.2 Å². The molecule has 0 saturated heterocycles. The zero-order valence-corrected chi connectivity index (χ0v) is 16.8. The van der Waals surface area contributed by atoms with Gasteiger partial charge in [0.1, 0.15) is 11.3 Å². The molecule has 31 heavy (non-hydrogen) atoms. The molecule has 0 saturated carbocycles. The number of fused-ring (bicyclic) bond motifs is 12. The lowest BCUT2D eigenvalue weighted by molar-refractivity contribution is 1.20. The fourth-order valence-electron chi connectivity index (χ4n) is 5.76. The number of nitrogens with zero attached hydrogens (tertiary/aromatic N) is 3. The Kier molecular flexibility index (Phi) is 2.74. The lowest BCUT2D eigenvalue weighted by Crippen LogP contribution is -1.94. The molecule has 3 heterocycles. The SMILES string of the molecule is c1ccc2c(c1)Cc1cc3c(cc1-2)-c1cc2c(cc1C3)c1cccnc1n1ccnc21. The van der Waals surface area contributed by atoms with Gasteiger partial charge < -0.3 is 0 Å². The Bertz CT molecular complexity index is 1740. The van der Waals surface area contributed by atoms with Gasteiger partial charge >= 0.3 is 0 Å². The van der Waals surface area contributed by atoms with Crippen molar-refractivity contribution in [1.82, 2.24) is 14.4 Å². The van der Waals surface area contributed by atoms with Gasteiger partial charge in [0, 0.05) is 29.4 Å². The van der Waals surface area contributed by atoms with Gasteiger partial charge in [-0.3, -0.25) is 4.40 Å². The largest absolute Gasteiger partial charge is 0.283 e. The van der Waals surface area contributed by atoms with Crippen LogP contribution < -0.4 is 0 Å². The van der Waals surface area contributed by atoms with E-state index in [2.05, 4.69) is 69.0 Å². The molecule has 144 valence electrons. The van der Waals surface area contributed by atoms with Crippen LogP contribution in [0.2, 0.25) is 0 Å². The second-order valence-corrected chi connectivity index (χ2v) is 8.73. The first kappa shape index (κ1) is 15.8. The van der Waals surface area contributed by atoms with Crippen molar-refractivity contribution in [2.24, 2.45) is 0 Å². The summed E-state index contributed by atoms with van der Waals surface area (Å²) in [4.78, 5) is 9.34. The van der Waals surface area contributed by atoms with Crippen LogP contribution >= 0.6 is 0 Å². The number of rotatable bonds is 0. The van der Waals surface area contributed by atoms with Gasteiger partial charge in [0.2, 0.25) is 0 Å². The molecule has 0 amide bonds. The monoisotopic (exact) mass is 395 g/mol. The molecule has 0 radical (unpaired) electrons. The highest BCUT2D eigenvalue weighted by Gasteiger charge is 2.26. The first-order chi connectivity index (χ1) is 15.3. The Labute approximate surface area is 178 Å². The van der Waals surface area contributed by atoms with Crippen molar-refractivity contribution in [1.29, 1.82) is 0 Å². The maximum atomic E-state index is 4.69. The van der Waals surface area contributed by atoms with Gasteiger partial charge in [0.05, 0.1) is 0 Å². The van der Waals surface area contributed by atoms with Gasteiger partial charge in [-0.05, 0) is 93.1 Å². The van der Waals surface area contributed by atoms with Crippen molar-refractivity contribution in [2.75, 3.05) is 0 Å². The Morgan fingerprint density at radius 1 is 0.548 bits per heavy atom. The third-order valence-electron chi connectivity index (χ3n) is 7.12. The van der Waals surface area contributed by atoms with E-state index in [9.17, 15) is 0 Å². The summed E-state index contributed by atoms with van der Waals surface area (Å²) in [6.07, 6.45) is 7.77. The molecular weight excluding hydrogens is 378 g/mol. The van der Waals surface area contributed by atoms with Crippen LogP contribution in [-0.4, -0.2) is 14.4 Å². The minimum absolute atomic E-state index is 0.966. The van der Waals surface area contributed by atoms with Crippen LogP contribution in [0.3, 0.4) is 0 Å². The molecule has 2 aliphatic carbocycles. The number of pyridine rings is 2. The number of benzene rings is 3. The molecule has 0 fully saturated rings. The second-order valence-electron chi connectivity index (χ2n) is 8.73. The van der Waals surface area contributed by atoms with E-state index >= 15 is 0 Å². The summed E-state index contributed by atoms with van der Waals surface area (Å²) in [6, 6.07) is 22.6. The Morgan fingerprint density at radius 3 is 2.26 bits per heavy atom. The molecule has 3 aromatic heterocycles. The van der Waals surface area contributed by atoms with Crippen molar-refractivity contribution < 1.29 is 0 Å². The first-order valence-corrected chi connectivity index (χ1v) is 10.8. The third-order valence-corrected chi connectivity index (χ3v) is 7.12. The molecule has 3 aromatic carbocycles. The molecule has 2 aliphatic rings. The van der Waals surface area contributed by atoms with Crippen LogP contribution in [0.5, 0.6) is 0 Å². The standard InChI is InChI=1S/C28H17N3/c1-2-5-20-16(4-1)10-17-11-18-12-19-13-25-21-6-3-7-29-27(21)31-9-8-30-28(31)26(25)15-24(19)23(18)14-22(17)20/h1-9,11,13-15H,10,12H2. The van der Waals surface area contributed by atoms with E-state index in [1.807, 2.05) is 24.7 Å². The molecule has 0 N–H and O–H groups in total. The molecule has 8 rings (SSSR count). The van der Waals surface area contributed by atoms with Crippen LogP contribution in [0.4, 0.5) is 0 Å². The number of hydrogen-bond donors (Lipinski definition) is 0. The average Bonchev–Trinajstić information content (AvgIpc) is 3.51. The normalized spacial score (nSPS) is 13.5. The van der Waals surface area contributed by atoms with Crippen molar-refractivity contribution in [3.63, 3.8) is 0 Å². The third kappa shape index (κ3) is 1.94. The van der Waals surface area contributed by atoms with Crippen LogP contribution in [0.25, 0.3) is 49.7 Å². The first-order valence-electron chi connectivity index (χ1n) is 10.8. The zero-order chi connectivity index (χ0) is 20.1. The quantitative estimate of drug-likeness (QED) is 0.287. The van der Waals surface area contributed by atoms with Gasteiger partial charge in [-0.25, -0.2) is 9.97 Å². The van der Waals surface area contributed by atoms with Crippen LogP contribution in [0, 0.1) is 0 Å². The van der Waals surface area contributed by atoms with Gasteiger partial charge in [-0.2, -0.15) is 0 Å². The number of aromatic nitrogens is 3. The smallest absolute Gasteiger partial charge is 0.146 e. The molecule has 0 aliphatic heterocycles. The Hall–Kier alpha value is -3.98. The average molecular weight is 395 g/mol. The highest BCUT2D eigenvalue weighted by molar-refractivity contribution is 6.12. The van der Waals surface area contributed by atoms with Crippen molar-refractivity contribution >= 4 is 27.5 Å². The number of hydrogen-bond acceptors (Lipinski definition) is 2. The maximum Gasteiger partial charge on any atom is 0.146 e. The predicted molar refractivity (Wildman–Crippen MR) is 124 cm³/mol. The summed E-state index contributed by atoms with van der Waals surface area (Å²) in [7, 11) is 0. The molecule has 0 bridgehead atoms.